The second-order valence-corrected chi connectivity index (χ2v) is 5.55. The Hall–Kier alpha value is -1.82. The maximum absolute atomic E-state index is 12.2. The predicted molar refractivity (Wildman–Crippen MR) is 73.2 cm³/mol. The lowest BCUT2D eigenvalue weighted by Gasteiger charge is -2.25. The van der Waals surface area contributed by atoms with Crippen LogP contribution in [0.4, 0.5) is 4.79 Å². The Morgan fingerprint density at radius 1 is 1.26 bits per heavy atom. The molecule has 0 saturated heterocycles. The first-order chi connectivity index (χ1) is 9.06. The molecule has 5 nitrogen and oxygen atoms in total. The Morgan fingerprint density at radius 2 is 1.95 bits per heavy atom. The number of amides is 3. The fourth-order valence-electron chi connectivity index (χ4n) is 2.42. The van der Waals surface area contributed by atoms with Gasteiger partial charge in [0.2, 0.25) is 0 Å². The van der Waals surface area contributed by atoms with Gasteiger partial charge in [-0.05, 0) is 17.7 Å². The Kier molecular flexibility index (Phi) is 2.82. The van der Waals surface area contributed by atoms with Crippen molar-refractivity contribution in [2.24, 2.45) is 0 Å². The summed E-state index contributed by atoms with van der Waals surface area (Å²) in [4.78, 5) is 25.4. The lowest BCUT2D eigenvalue weighted by atomic mass is 9.96. The van der Waals surface area contributed by atoms with Gasteiger partial charge in [0.15, 0.2) is 0 Å². The van der Waals surface area contributed by atoms with Gasteiger partial charge in [-0.3, -0.25) is 4.79 Å². The van der Waals surface area contributed by atoms with Crippen LogP contribution < -0.4 is 10.6 Å². The van der Waals surface area contributed by atoms with Gasteiger partial charge in [0.25, 0.3) is 5.91 Å². The van der Waals surface area contributed by atoms with Gasteiger partial charge in [-0.25, -0.2) is 4.79 Å². The molecular formula is C13H12BrN3O2. The van der Waals surface area contributed by atoms with Crippen molar-refractivity contribution in [1.29, 1.82) is 0 Å². The number of hydrogen-bond donors (Lipinski definition) is 2. The molecule has 3 amide bonds. The van der Waals surface area contributed by atoms with Gasteiger partial charge in [0.05, 0.1) is 23.9 Å². The quantitative estimate of drug-likeness (QED) is 0.824. The molecule has 0 unspecified atom stereocenters. The summed E-state index contributed by atoms with van der Waals surface area (Å²) < 4.78 is 0.959. The van der Waals surface area contributed by atoms with Crippen molar-refractivity contribution in [2.45, 2.75) is 6.04 Å². The van der Waals surface area contributed by atoms with E-state index in [-0.39, 0.29) is 18.0 Å². The molecule has 2 heterocycles. The summed E-state index contributed by atoms with van der Waals surface area (Å²) in [5, 5.41) is 5.51. The van der Waals surface area contributed by atoms with Gasteiger partial charge in [0, 0.05) is 11.5 Å². The van der Waals surface area contributed by atoms with Crippen LogP contribution in [0.5, 0.6) is 0 Å². The number of nitrogens with zero attached hydrogens (tertiary/aromatic N) is 1. The summed E-state index contributed by atoms with van der Waals surface area (Å²) in [5.74, 6) is -0.0459. The zero-order valence-electron chi connectivity index (χ0n) is 10.2. The molecule has 0 spiro atoms. The van der Waals surface area contributed by atoms with Crippen molar-refractivity contribution in [3.05, 3.63) is 45.6 Å². The first-order valence-corrected chi connectivity index (χ1v) is 6.67. The van der Waals surface area contributed by atoms with Gasteiger partial charge in [-0.15, -0.1) is 0 Å². The van der Waals surface area contributed by atoms with Crippen LogP contribution in [0.15, 0.2) is 40.0 Å². The average Bonchev–Trinajstić information content (AvgIpc) is 2.65. The Bertz CT molecular complexity index is 594. The van der Waals surface area contributed by atoms with Crippen LogP contribution in [0, 0.1) is 0 Å². The summed E-state index contributed by atoms with van der Waals surface area (Å²) in [5.41, 5.74) is 2.22. The number of nitrogens with one attached hydrogen (secondary N) is 2. The molecule has 3 rings (SSSR count). The molecule has 98 valence electrons. The van der Waals surface area contributed by atoms with E-state index in [4.69, 9.17) is 0 Å². The van der Waals surface area contributed by atoms with E-state index in [2.05, 4.69) is 26.6 Å². The molecule has 0 saturated carbocycles. The number of halogens is 1. The molecule has 2 aliphatic rings. The molecule has 1 aromatic rings. The van der Waals surface area contributed by atoms with E-state index in [0.717, 1.165) is 10.0 Å². The minimum Gasteiger partial charge on any atom is -0.336 e. The Balaban J connectivity index is 2.04. The summed E-state index contributed by atoms with van der Waals surface area (Å²) in [6.07, 6.45) is 0. The summed E-state index contributed by atoms with van der Waals surface area (Å²) in [7, 11) is 1.73. The fraction of sp³-hybridized carbons (Fsp3) is 0.231. The lowest BCUT2D eigenvalue weighted by molar-refractivity contribution is -0.124. The lowest BCUT2D eigenvalue weighted by Crippen LogP contribution is -2.44. The molecule has 2 N–H and O–H groups in total. The SMILES string of the molecule is CN1CC2=C(C1=O)[C@@H](c1ccc(Br)cc1)NC(=O)N2. The Labute approximate surface area is 118 Å². The molecule has 0 aromatic heterocycles. The second-order valence-electron chi connectivity index (χ2n) is 4.64. The van der Waals surface area contributed by atoms with E-state index in [9.17, 15) is 9.59 Å². The van der Waals surface area contributed by atoms with E-state index in [1.807, 2.05) is 24.3 Å². The van der Waals surface area contributed by atoms with Crippen molar-refractivity contribution in [1.82, 2.24) is 15.5 Å². The molecule has 0 fully saturated rings. The number of hydrogen-bond acceptors (Lipinski definition) is 2. The summed E-state index contributed by atoms with van der Waals surface area (Å²) >= 11 is 3.37. The third-order valence-corrected chi connectivity index (χ3v) is 3.86. The maximum Gasteiger partial charge on any atom is 0.319 e. The number of likely N-dealkylation sites (N-methyl/N-ethyl adjacent to an activating group) is 1. The fourth-order valence-corrected chi connectivity index (χ4v) is 2.68. The monoisotopic (exact) mass is 321 g/mol. The van der Waals surface area contributed by atoms with Crippen molar-refractivity contribution < 1.29 is 9.59 Å². The second kappa shape index (κ2) is 4.38. The molecule has 2 aliphatic heterocycles. The minimum absolute atomic E-state index is 0.0459. The highest BCUT2D eigenvalue weighted by Crippen LogP contribution is 2.32. The van der Waals surface area contributed by atoms with Gasteiger partial charge in [-0.2, -0.15) is 0 Å². The van der Waals surface area contributed by atoms with Crippen molar-refractivity contribution in [3.8, 4) is 0 Å². The minimum atomic E-state index is -0.380. The van der Waals surface area contributed by atoms with Crippen LogP contribution in [-0.4, -0.2) is 30.4 Å². The van der Waals surface area contributed by atoms with Gasteiger partial charge in [-0.1, -0.05) is 28.1 Å². The molecule has 1 atom stereocenters. The van der Waals surface area contributed by atoms with Crippen LogP contribution in [0.1, 0.15) is 11.6 Å². The smallest absolute Gasteiger partial charge is 0.319 e. The highest BCUT2D eigenvalue weighted by molar-refractivity contribution is 9.10. The van der Waals surface area contributed by atoms with E-state index in [0.29, 0.717) is 17.8 Å². The van der Waals surface area contributed by atoms with E-state index >= 15 is 0 Å². The zero-order valence-corrected chi connectivity index (χ0v) is 11.8. The highest BCUT2D eigenvalue weighted by Gasteiger charge is 2.38. The number of urea groups is 1. The number of benzene rings is 1. The predicted octanol–water partition coefficient (Wildman–Crippen LogP) is 1.53. The number of rotatable bonds is 1. The summed E-state index contributed by atoms with van der Waals surface area (Å²) in [6.45, 7) is 0.453. The number of carbonyl (C=O) groups excluding carboxylic acids is 2. The zero-order chi connectivity index (χ0) is 13.6. The molecule has 0 bridgehead atoms. The maximum atomic E-state index is 12.2. The first kappa shape index (κ1) is 12.2. The summed E-state index contributed by atoms with van der Waals surface area (Å²) in [6, 6.07) is 6.94. The average molecular weight is 322 g/mol. The molecular weight excluding hydrogens is 310 g/mol. The molecule has 6 heteroatoms. The highest BCUT2D eigenvalue weighted by atomic mass is 79.9. The third kappa shape index (κ3) is 2.02. The van der Waals surface area contributed by atoms with Crippen LogP contribution >= 0.6 is 15.9 Å². The van der Waals surface area contributed by atoms with Crippen LogP contribution in [0.3, 0.4) is 0 Å². The van der Waals surface area contributed by atoms with E-state index in [1.54, 1.807) is 11.9 Å². The van der Waals surface area contributed by atoms with E-state index < -0.39 is 0 Å². The van der Waals surface area contributed by atoms with Crippen LogP contribution in [0.25, 0.3) is 0 Å². The third-order valence-electron chi connectivity index (χ3n) is 3.33. The van der Waals surface area contributed by atoms with Crippen LogP contribution in [0.2, 0.25) is 0 Å². The number of carbonyl (C=O) groups is 2. The molecule has 1 aromatic carbocycles. The standard InChI is InChI=1S/C13H12BrN3O2/c1-17-6-9-10(12(17)18)11(16-13(19)15-9)7-2-4-8(14)5-3-7/h2-5,11H,6H2,1H3,(H2,15,16,19)/t11-/m1/s1. The molecule has 0 aliphatic carbocycles. The van der Waals surface area contributed by atoms with Crippen molar-refractivity contribution >= 4 is 27.9 Å². The van der Waals surface area contributed by atoms with Gasteiger partial charge >= 0.3 is 6.03 Å². The topological polar surface area (TPSA) is 61.4 Å². The van der Waals surface area contributed by atoms with Gasteiger partial charge < -0.3 is 15.5 Å². The molecule has 19 heavy (non-hydrogen) atoms. The molecule has 0 radical (unpaired) electrons. The normalized spacial score (nSPS) is 22.2. The Morgan fingerprint density at radius 3 is 2.63 bits per heavy atom. The van der Waals surface area contributed by atoms with E-state index in [1.165, 1.54) is 0 Å². The van der Waals surface area contributed by atoms with Crippen molar-refractivity contribution in [3.63, 3.8) is 0 Å². The van der Waals surface area contributed by atoms with Crippen molar-refractivity contribution in [2.75, 3.05) is 13.6 Å². The van der Waals surface area contributed by atoms with Crippen LogP contribution in [-0.2, 0) is 4.79 Å². The first-order valence-electron chi connectivity index (χ1n) is 5.88. The largest absolute Gasteiger partial charge is 0.336 e. The van der Waals surface area contributed by atoms with Gasteiger partial charge in [0.1, 0.15) is 0 Å².